The van der Waals surface area contributed by atoms with Crippen LogP contribution < -0.4 is 10.2 Å². The molecule has 0 fully saturated rings. The van der Waals surface area contributed by atoms with Crippen molar-refractivity contribution in [3.05, 3.63) is 52.8 Å². The third-order valence-electron chi connectivity index (χ3n) is 6.61. The second-order valence-corrected chi connectivity index (χ2v) is 9.12. The van der Waals surface area contributed by atoms with E-state index in [1.807, 2.05) is 18.2 Å². The van der Waals surface area contributed by atoms with Crippen LogP contribution in [-0.2, 0) is 34.3 Å². The SMILES string of the molecule is CC(=O)N1CCc2ccc(NC(=O)[C@@H]3CCc4nc(C(C)(C)C(F)(F)F)ccc4C3)cc21. The largest absolute Gasteiger partial charge is 0.399 e. The monoisotopic (exact) mass is 445 g/mol. The third-order valence-corrected chi connectivity index (χ3v) is 6.61. The first kappa shape index (κ1) is 22.3. The van der Waals surface area contributed by atoms with E-state index in [0.29, 0.717) is 37.2 Å². The maximum atomic E-state index is 13.4. The molecule has 1 aliphatic carbocycles. The standard InChI is InChI=1S/C24H26F3N3O2/c1-14(31)30-11-10-15-4-7-18(13-20(15)30)28-22(32)17-5-8-19-16(12-17)6-9-21(29-19)23(2,3)24(25,26)27/h4,6-7,9,13,17H,5,8,10-12H2,1-3H3,(H,28,32)/t17-/m1/s1. The molecular weight excluding hydrogens is 419 g/mol. The molecule has 0 saturated heterocycles. The van der Waals surface area contributed by atoms with Gasteiger partial charge in [-0.2, -0.15) is 13.2 Å². The number of hydrogen-bond donors (Lipinski definition) is 1. The minimum absolute atomic E-state index is 0.000169. The summed E-state index contributed by atoms with van der Waals surface area (Å²) in [6, 6.07) is 8.68. The van der Waals surface area contributed by atoms with Crippen LogP contribution in [0.2, 0.25) is 0 Å². The highest BCUT2D eigenvalue weighted by molar-refractivity contribution is 5.97. The lowest BCUT2D eigenvalue weighted by Gasteiger charge is -2.29. The number of fused-ring (bicyclic) bond motifs is 2. The molecule has 1 aliphatic heterocycles. The average molecular weight is 445 g/mol. The lowest BCUT2D eigenvalue weighted by Crippen LogP contribution is -2.38. The van der Waals surface area contributed by atoms with E-state index >= 15 is 0 Å². The Morgan fingerprint density at radius 2 is 1.81 bits per heavy atom. The Bertz CT molecular complexity index is 1080. The third kappa shape index (κ3) is 3.98. The summed E-state index contributed by atoms with van der Waals surface area (Å²) in [6.45, 7) is 4.42. The second-order valence-electron chi connectivity index (χ2n) is 9.12. The molecule has 0 saturated carbocycles. The molecule has 2 amide bonds. The van der Waals surface area contributed by atoms with E-state index in [4.69, 9.17) is 0 Å². The van der Waals surface area contributed by atoms with Crippen LogP contribution in [0.15, 0.2) is 30.3 Å². The molecule has 2 aromatic rings. The summed E-state index contributed by atoms with van der Waals surface area (Å²) in [6.07, 6.45) is -2.18. The molecule has 2 heterocycles. The molecule has 170 valence electrons. The Labute approximate surface area is 185 Å². The number of rotatable bonds is 3. The highest BCUT2D eigenvalue weighted by atomic mass is 19.4. The van der Waals surface area contributed by atoms with Gasteiger partial charge >= 0.3 is 6.18 Å². The number of carbonyl (C=O) groups is 2. The van der Waals surface area contributed by atoms with E-state index in [9.17, 15) is 22.8 Å². The van der Waals surface area contributed by atoms with Gasteiger partial charge < -0.3 is 10.2 Å². The first-order chi connectivity index (χ1) is 15.0. The van der Waals surface area contributed by atoms with Crippen molar-refractivity contribution >= 4 is 23.2 Å². The molecule has 2 aliphatic rings. The zero-order valence-electron chi connectivity index (χ0n) is 18.3. The number of carbonyl (C=O) groups excluding carboxylic acids is 2. The summed E-state index contributed by atoms with van der Waals surface area (Å²) in [5.41, 5.74) is 1.96. The number of amides is 2. The fraction of sp³-hybridized carbons (Fsp3) is 0.458. The number of nitrogens with one attached hydrogen (secondary N) is 1. The molecule has 0 radical (unpaired) electrons. The van der Waals surface area contributed by atoms with Crippen molar-refractivity contribution in [1.29, 1.82) is 0 Å². The number of aromatic nitrogens is 1. The number of nitrogens with zero attached hydrogens (tertiary/aromatic N) is 2. The molecule has 0 unspecified atom stereocenters. The fourth-order valence-corrected chi connectivity index (χ4v) is 4.36. The van der Waals surface area contributed by atoms with Gasteiger partial charge in [0.15, 0.2) is 0 Å². The van der Waals surface area contributed by atoms with Crippen LogP contribution in [0.1, 0.15) is 49.7 Å². The lowest BCUT2D eigenvalue weighted by atomic mass is 9.83. The van der Waals surface area contributed by atoms with Crippen molar-refractivity contribution in [1.82, 2.24) is 4.98 Å². The maximum absolute atomic E-state index is 13.4. The molecule has 8 heteroatoms. The van der Waals surface area contributed by atoms with Gasteiger partial charge in [-0.1, -0.05) is 12.1 Å². The quantitative estimate of drug-likeness (QED) is 0.753. The molecule has 32 heavy (non-hydrogen) atoms. The minimum atomic E-state index is -4.39. The van der Waals surface area contributed by atoms with Crippen molar-refractivity contribution in [3.8, 4) is 0 Å². The molecule has 1 N–H and O–H groups in total. The van der Waals surface area contributed by atoms with Crippen LogP contribution in [0, 0.1) is 5.92 Å². The molecule has 0 bridgehead atoms. The average Bonchev–Trinajstić information content (AvgIpc) is 3.15. The van der Waals surface area contributed by atoms with Gasteiger partial charge in [0.2, 0.25) is 11.8 Å². The van der Waals surface area contributed by atoms with Crippen LogP contribution in [-0.4, -0.2) is 29.5 Å². The minimum Gasteiger partial charge on any atom is -0.326 e. The molecular formula is C24H26F3N3O2. The van der Waals surface area contributed by atoms with Crippen LogP contribution in [0.4, 0.5) is 24.5 Å². The smallest absolute Gasteiger partial charge is 0.326 e. The number of hydrogen-bond acceptors (Lipinski definition) is 3. The van der Waals surface area contributed by atoms with Gasteiger partial charge in [0.05, 0.1) is 5.69 Å². The van der Waals surface area contributed by atoms with Crippen molar-refractivity contribution < 1.29 is 22.8 Å². The Morgan fingerprint density at radius 1 is 1.09 bits per heavy atom. The highest BCUT2D eigenvalue weighted by Gasteiger charge is 2.49. The van der Waals surface area contributed by atoms with Gasteiger partial charge in [-0.3, -0.25) is 14.6 Å². The van der Waals surface area contributed by atoms with Crippen molar-refractivity contribution in [2.45, 2.75) is 58.0 Å². The normalized spacial score (nSPS) is 18.2. The number of alkyl halides is 3. The topological polar surface area (TPSA) is 62.3 Å². The summed E-state index contributed by atoms with van der Waals surface area (Å²) in [7, 11) is 0. The molecule has 4 rings (SSSR count). The Kier molecular flexibility index (Phi) is 5.51. The summed E-state index contributed by atoms with van der Waals surface area (Å²) in [5, 5.41) is 2.94. The summed E-state index contributed by atoms with van der Waals surface area (Å²) < 4.78 is 40.1. The molecule has 1 aromatic heterocycles. The van der Waals surface area contributed by atoms with Gasteiger partial charge in [0.1, 0.15) is 5.41 Å². The fourth-order valence-electron chi connectivity index (χ4n) is 4.36. The number of benzene rings is 1. The van der Waals surface area contributed by atoms with Crippen molar-refractivity contribution in [2.75, 3.05) is 16.8 Å². The van der Waals surface area contributed by atoms with E-state index in [0.717, 1.165) is 37.1 Å². The summed E-state index contributed by atoms with van der Waals surface area (Å²) in [5.74, 6) is -0.456. The van der Waals surface area contributed by atoms with E-state index < -0.39 is 11.6 Å². The van der Waals surface area contributed by atoms with Gasteiger partial charge in [-0.15, -0.1) is 0 Å². The maximum Gasteiger partial charge on any atom is 0.399 e. The molecule has 1 atom stereocenters. The van der Waals surface area contributed by atoms with Gasteiger partial charge in [0.25, 0.3) is 0 Å². The number of aryl methyl sites for hydroxylation is 1. The van der Waals surface area contributed by atoms with E-state index in [2.05, 4.69) is 10.3 Å². The van der Waals surface area contributed by atoms with Crippen molar-refractivity contribution in [3.63, 3.8) is 0 Å². The molecule has 1 aromatic carbocycles. The Morgan fingerprint density at radius 3 is 2.50 bits per heavy atom. The number of pyridine rings is 1. The second kappa shape index (κ2) is 7.90. The van der Waals surface area contributed by atoms with Crippen LogP contribution in [0.25, 0.3) is 0 Å². The number of halogens is 3. The summed E-state index contributed by atoms with van der Waals surface area (Å²) >= 11 is 0. The van der Waals surface area contributed by atoms with Gasteiger partial charge in [0, 0.05) is 36.5 Å². The van der Waals surface area contributed by atoms with E-state index in [-0.39, 0.29) is 23.4 Å². The zero-order chi connectivity index (χ0) is 23.3. The Hall–Kier alpha value is -2.90. The molecule has 0 spiro atoms. The summed E-state index contributed by atoms with van der Waals surface area (Å²) in [4.78, 5) is 30.7. The van der Waals surface area contributed by atoms with Gasteiger partial charge in [-0.25, -0.2) is 0 Å². The Balaban J connectivity index is 1.47. The van der Waals surface area contributed by atoms with Crippen LogP contribution >= 0.6 is 0 Å². The first-order valence-corrected chi connectivity index (χ1v) is 10.8. The van der Waals surface area contributed by atoms with E-state index in [1.54, 1.807) is 11.0 Å². The van der Waals surface area contributed by atoms with E-state index in [1.165, 1.54) is 13.0 Å². The zero-order valence-corrected chi connectivity index (χ0v) is 18.3. The first-order valence-electron chi connectivity index (χ1n) is 10.8. The predicted molar refractivity (Wildman–Crippen MR) is 116 cm³/mol. The number of anilines is 2. The van der Waals surface area contributed by atoms with Crippen LogP contribution in [0.5, 0.6) is 0 Å². The molecule has 5 nitrogen and oxygen atoms in total. The van der Waals surface area contributed by atoms with Crippen LogP contribution in [0.3, 0.4) is 0 Å². The van der Waals surface area contributed by atoms with Crippen molar-refractivity contribution in [2.24, 2.45) is 5.92 Å². The lowest BCUT2D eigenvalue weighted by molar-refractivity contribution is -0.181. The highest BCUT2D eigenvalue weighted by Crippen LogP contribution is 2.40. The van der Waals surface area contributed by atoms with Gasteiger partial charge in [-0.05, 0) is 68.9 Å². The predicted octanol–water partition coefficient (Wildman–Crippen LogP) is 4.57.